The van der Waals surface area contributed by atoms with E-state index in [-0.39, 0.29) is 31.5 Å². The molecule has 0 aliphatic carbocycles. The van der Waals surface area contributed by atoms with E-state index >= 15 is 0 Å². The van der Waals surface area contributed by atoms with Gasteiger partial charge in [-0.25, -0.2) is 0 Å². The Morgan fingerprint density at radius 3 is 2.55 bits per heavy atom. The Labute approximate surface area is 132 Å². The highest BCUT2D eigenvalue weighted by Crippen LogP contribution is 2.15. The van der Waals surface area contributed by atoms with Crippen molar-refractivity contribution in [1.82, 2.24) is 10.6 Å². The molecule has 22 heavy (non-hydrogen) atoms. The number of hydrogen-bond acceptors (Lipinski definition) is 4. The molecule has 0 bridgehead atoms. The second kappa shape index (κ2) is 8.09. The van der Waals surface area contributed by atoms with Crippen LogP contribution in [0.5, 0.6) is 5.75 Å². The Kier molecular flexibility index (Phi) is 5.85. The number of amides is 2. The molecule has 6 nitrogen and oxygen atoms in total. The summed E-state index contributed by atoms with van der Waals surface area (Å²) in [6, 6.07) is 10.1. The Hall–Kier alpha value is -2.47. The molecular formula is C15H15ClN2O4. The first-order valence-electron chi connectivity index (χ1n) is 6.57. The third-order valence-corrected chi connectivity index (χ3v) is 2.92. The van der Waals surface area contributed by atoms with Gasteiger partial charge < -0.3 is 19.8 Å². The zero-order chi connectivity index (χ0) is 15.8. The molecular weight excluding hydrogens is 308 g/mol. The monoisotopic (exact) mass is 322 g/mol. The maximum Gasteiger partial charge on any atom is 0.258 e. The van der Waals surface area contributed by atoms with Crippen molar-refractivity contribution in [2.45, 2.75) is 6.54 Å². The topological polar surface area (TPSA) is 80.6 Å². The van der Waals surface area contributed by atoms with E-state index in [9.17, 15) is 9.59 Å². The quantitative estimate of drug-likeness (QED) is 0.813. The number of hydrogen-bond donors (Lipinski definition) is 2. The molecule has 0 radical (unpaired) electrons. The number of carbonyl (C=O) groups excluding carboxylic acids is 2. The van der Waals surface area contributed by atoms with Crippen LogP contribution in [0.1, 0.15) is 5.76 Å². The van der Waals surface area contributed by atoms with Crippen LogP contribution < -0.4 is 15.4 Å². The summed E-state index contributed by atoms with van der Waals surface area (Å²) in [5.74, 6) is 0.479. The van der Waals surface area contributed by atoms with Crippen molar-refractivity contribution in [3.05, 3.63) is 53.4 Å². The highest BCUT2D eigenvalue weighted by Gasteiger charge is 2.07. The number of nitrogens with one attached hydrogen (secondary N) is 2. The first kappa shape index (κ1) is 15.9. The molecule has 0 saturated carbocycles. The van der Waals surface area contributed by atoms with E-state index in [1.165, 1.54) is 6.26 Å². The molecule has 2 amide bonds. The molecule has 0 spiro atoms. The summed E-state index contributed by atoms with van der Waals surface area (Å²) in [4.78, 5) is 23.1. The van der Waals surface area contributed by atoms with Gasteiger partial charge in [-0.15, -0.1) is 0 Å². The van der Waals surface area contributed by atoms with Gasteiger partial charge in [-0.1, -0.05) is 11.6 Å². The molecule has 1 aromatic carbocycles. The van der Waals surface area contributed by atoms with Gasteiger partial charge in [0.05, 0.1) is 19.4 Å². The molecule has 2 rings (SSSR count). The molecule has 0 aliphatic heterocycles. The van der Waals surface area contributed by atoms with Gasteiger partial charge in [0.15, 0.2) is 6.61 Å². The fourth-order valence-corrected chi connectivity index (χ4v) is 1.70. The zero-order valence-corrected chi connectivity index (χ0v) is 12.4. The molecule has 0 fully saturated rings. The minimum absolute atomic E-state index is 0.122. The van der Waals surface area contributed by atoms with Crippen molar-refractivity contribution >= 4 is 23.4 Å². The molecule has 0 atom stereocenters. The van der Waals surface area contributed by atoms with Crippen LogP contribution in [0.2, 0.25) is 5.02 Å². The summed E-state index contributed by atoms with van der Waals surface area (Å²) in [7, 11) is 0. The van der Waals surface area contributed by atoms with Gasteiger partial charge in [0, 0.05) is 5.02 Å². The highest BCUT2D eigenvalue weighted by molar-refractivity contribution is 6.30. The van der Waals surface area contributed by atoms with Crippen molar-refractivity contribution < 1.29 is 18.7 Å². The molecule has 116 valence electrons. The largest absolute Gasteiger partial charge is 0.484 e. The van der Waals surface area contributed by atoms with Crippen molar-refractivity contribution in [1.29, 1.82) is 0 Å². The summed E-state index contributed by atoms with van der Waals surface area (Å²) in [5, 5.41) is 5.67. The second-order valence-electron chi connectivity index (χ2n) is 4.38. The lowest BCUT2D eigenvalue weighted by atomic mass is 10.3. The van der Waals surface area contributed by atoms with Gasteiger partial charge >= 0.3 is 0 Å². The maximum atomic E-state index is 11.6. The Balaban J connectivity index is 1.62. The summed E-state index contributed by atoms with van der Waals surface area (Å²) in [6.07, 6.45) is 1.53. The Morgan fingerprint density at radius 1 is 1.09 bits per heavy atom. The van der Waals surface area contributed by atoms with Gasteiger partial charge in [-0.3, -0.25) is 9.59 Å². The van der Waals surface area contributed by atoms with Crippen molar-refractivity contribution in [2.75, 3.05) is 13.2 Å². The Morgan fingerprint density at radius 2 is 1.86 bits per heavy atom. The second-order valence-corrected chi connectivity index (χ2v) is 4.81. The first-order chi connectivity index (χ1) is 10.6. The fourth-order valence-electron chi connectivity index (χ4n) is 1.57. The average molecular weight is 323 g/mol. The number of halogens is 1. The van der Waals surface area contributed by atoms with Gasteiger partial charge in [-0.2, -0.15) is 0 Å². The molecule has 2 aromatic rings. The lowest BCUT2D eigenvalue weighted by Gasteiger charge is -2.07. The van der Waals surface area contributed by atoms with E-state index in [1.807, 2.05) is 0 Å². The predicted octanol–water partition coefficient (Wildman–Crippen LogP) is 1.74. The van der Waals surface area contributed by atoms with Crippen LogP contribution in [0.25, 0.3) is 0 Å². The van der Waals surface area contributed by atoms with E-state index in [2.05, 4.69) is 10.6 Å². The van der Waals surface area contributed by atoms with Crippen LogP contribution in [0.15, 0.2) is 47.1 Å². The molecule has 2 N–H and O–H groups in total. The summed E-state index contributed by atoms with van der Waals surface area (Å²) in [5.41, 5.74) is 0. The number of furan rings is 1. The normalized spacial score (nSPS) is 10.0. The summed E-state index contributed by atoms with van der Waals surface area (Å²) in [6.45, 7) is -0.0143. The summed E-state index contributed by atoms with van der Waals surface area (Å²) < 4.78 is 10.3. The molecule has 1 heterocycles. The Bertz CT molecular complexity index is 611. The number of ether oxygens (including phenoxy) is 1. The van der Waals surface area contributed by atoms with E-state index in [0.29, 0.717) is 16.5 Å². The smallest absolute Gasteiger partial charge is 0.258 e. The number of carbonyl (C=O) groups is 2. The van der Waals surface area contributed by atoms with Crippen LogP contribution >= 0.6 is 11.6 Å². The third kappa shape index (κ3) is 5.49. The van der Waals surface area contributed by atoms with Crippen molar-refractivity contribution in [3.8, 4) is 5.75 Å². The third-order valence-electron chi connectivity index (χ3n) is 2.67. The lowest BCUT2D eigenvalue weighted by molar-refractivity contribution is -0.127. The maximum absolute atomic E-state index is 11.6. The standard InChI is InChI=1S/C15H15ClN2O4/c16-11-3-5-12(6-4-11)22-10-15(20)18-9-14(19)17-8-13-2-1-7-21-13/h1-7H,8-10H2,(H,17,19)(H,18,20). The zero-order valence-electron chi connectivity index (χ0n) is 11.7. The van der Waals surface area contributed by atoms with Gasteiger partial charge in [0.1, 0.15) is 11.5 Å². The molecule has 1 aromatic heterocycles. The van der Waals surface area contributed by atoms with E-state index in [4.69, 9.17) is 20.8 Å². The average Bonchev–Trinajstić information content (AvgIpc) is 3.04. The van der Waals surface area contributed by atoms with Crippen LogP contribution in [-0.4, -0.2) is 25.0 Å². The van der Waals surface area contributed by atoms with E-state index in [0.717, 1.165) is 0 Å². The van der Waals surface area contributed by atoms with Gasteiger partial charge in [-0.05, 0) is 36.4 Å². The SMILES string of the molecule is O=C(CNC(=O)COc1ccc(Cl)cc1)NCc1ccco1. The molecule has 0 unspecified atom stereocenters. The van der Waals surface area contributed by atoms with Gasteiger partial charge in [0.2, 0.25) is 5.91 Å². The van der Waals surface area contributed by atoms with E-state index < -0.39 is 0 Å². The highest BCUT2D eigenvalue weighted by atomic mass is 35.5. The van der Waals surface area contributed by atoms with E-state index in [1.54, 1.807) is 36.4 Å². The minimum atomic E-state index is -0.386. The van der Waals surface area contributed by atoms with Crippen molar-refractivity contribution in [2.24, 2.45) is 0 Å². The molecule has 0 saturated heterocycles. The predicted molar refractivity (Wildman–Crippen MR) is 80.5 cm³/mol. The van der Waals surface area contributed by atoms with Gasteiger partial charge in [0.25, 0.3) is 5.91 Å². The van der Waals surface area contributed by atoms with Crippen LogP contribution in [-0.2, 0) is 16.1 Å². The van der Waals surface area contributed by atoms with Crippen LogP contribution in [0.3, 0.4) is 0 Å². The summed E-state index contributed by atoms with van der Waals surface area (Å²) >= 11 is 5.74. The minimum Gasteiger partial charge on any atom is -0.484 e. The number of benzene rings is 1. The molecule has 0 aliphatic rings. The van der Waals surface area contributed by atoms with Crippen molar-refractivity contribution in [3.63, 3.8) is 0 Å². The fraction of sp³-hybridized carbons (Fsp3) is 0.200. The lowest BCUT2D eigenvalue weighted by Crippen LogP contribution is -2.38. The number of rotatable bonds is 7. The molecule has 7 heteroatoms. The first-order valence-corrected chi connectivity index (χ1v) is 6.95. The van der Waals surface area contributed by atoms with Crippen LogP contribution in [0, 0.1) is 0 Å². The van der Waals surface area contributed by atoms with Crippen LogP contribution in [0.4, 0.5) is 0 Å².